The van der Waals surface area contributed by atoms with Crippen molar-refractivity contribution in [2.75, 3.05) is 7.11 Å². The number of hydrogen-bond acceptors (Lipinski definition) is 4. The van der Waals surface area contributed by atoms with E-state index in [0.29, 0.717) is 17.7 Å². The standard InChI is InChI=1S/C18H18BrNO3/c1-10-15(18(22)23-2)16(11-6-3-4-7-12(11)19)17-13(20-10)8-5-9-14(17)21/h3-4,6-7,15-16H,5,8-9H2,1-2H3/t15?,16-/m0/s1. The molecule has 0 saturated carbocycles. The molecule has 0 saturated heterocycles. The Kier molecular flexibility index (Phi) is 4.48. The summed E-state index contributed by atoms with van der Waals surface area (Å²) in [5, 5.41) is 0. The molecule has 2 aliphatic rings. The lowest BCUT2D eigenvalue weighted by atomic mass is 9.72. The molecule has 1 aliphatic carbocycles. The first kappa shape index (κ1) is 16.1. The fraction of sp³-hybridized carbons (Fsp3) is 0.389. The maximum absolute atomic E-state index is 12.6. The number of aliphatic imine (C=N–C) groups is 1. The number of esters is 1. The number of nitrogens with zero attached hydrogens (tertiary/aromatic N) is 1. The van der Waals surface area contributed by atoms with Gasteiger partial charge in [0.15, 0.2) is 5.78 Å². The Morgan fingerprint density at radius 2 is 2.04 bits per heavy atom. The first-order chi connectivity index (χ1) is 11.0. The highest BCUT2D eigenvalue weighted by Crippen LogP contribution is 2.45. The lowest BCUT2D eigenvalue weighted by molar-refractivity contribution is -0.143. The number of allylic oxidation sites excluding steroid dienone is 2. The van der Waals surface area contributed by atoms with E-state index < -0.39 is 5.92 Å². The Labute approximate surface area is 143 Å². The second-order valence-corrected chi connectivity index (χ2v) is 6.74. The highest BCUT2D eigenvalue weighted by atomic mass is 79.9. The number of hydrogen-bond donors (Lipinski definition) is 0. The molecule has 0 amide bonds. The van der Waals surface area contributed by atoms with Crippen molar-refractivity contribution in [1.29, 1.82) is 0 Å². The summed E-state index contributed by atoms with van der Waals surface area (Å²) in [6.45, 7) is 1.84. The number of benzene rings is 1. The van der Waals surface area contributed by atoms with Crippen molar-refractivity contribution in [3.63, 3.8) is 0 Å². The summed E-state index contributed by atoms with van der Waals surface area (Å²) in [7, 11) is 1.37. The van der Waals surface area contributed by atoms with Crippen LogP contribution in [-0.2, 0) is 14.3 Å². The monoisotopic (exact) mass is 375 g/mol. The average Bonchev–Trinajstić information content (AvgIpc) is 2.54. The van der Waals surface area contributed by atoms with Crippen molar-refractivity contribution in [1.82, 2.24) is 0 Å². The van der Waals surface area contributed by atoms with Crippen LogP contribution in [-0.4, -0.2) is 24.6 Å². The molecule has 3 rings (SSSR count). The number of carbonyl (C=O) groups excluding carboxylic acids is 2. The largest absolute Gasteiger partial charge is 0.468 e. The predicted molar refractivity (Wildman–Crippen MR) is 91.4 cm³/mol. The van der Waals surface area contributed by atoms with Crippen LogP contribution in [0.1, 0.15) is 37.7 Å². The van der Waals surface area contributed by atoms with Crippen molar-refractivity contribution >= 4 is 33.4 Å². The molecule has 0 N–H and O–H groups in total. The molecule has 5 heteroatoms. The van der Waals surface area contributed by atoms with Gasteiger partial charge in [-0.1, -0.05) is 34.1 Å². The number of Topliss-reactive ketones (excluding diaryl/α,β-unsaturated/α-hetero) is 1. The number of halogens is 1. The number of ketones is 1. The fourth-order valence-corrected chi connectivity index (χ4v) is 4.03. The summed E-state index contributed by atoms with van der Waals surface area (Å²) >= 11 is 3.56. The summed E-state index contributed by atoms with van der Waals surface area (Å²) in [5.74, 6) is -1.15. The minimum atomic E-state index is -0.556. The second kappa shape index (κ2) is 6.40. The molecule has 0 aromatic heterocycles. The van der Waals surface area contributed by atoms with Crippen molar-refractivity contribution in [2.24, 2.45) is 10.9 Å². The van der Waals surface area contributed by atoms with Gasteiger partial charge >= 0.3 is 5.97 Å². The topological polar surface area (TPSA) is 55.7 Å². The average molecular weight is 376 g/mol. The summed E-state index contributed by atoms with van der Waals surface area (Å²) < 4.78 is 5.89. The van der Waals surface area contributed by atoms with Crippen LogP contribution < -0.4 is 0 Å². The van der Waals surface area contributed by atoms with Crippen LogP contribution in [0, 0.1) is 5.92 Å². The van der Waals surface area contributed by atoms with Crippen molar-refractivity contribution < 1.29 is 14.3 Å². The number of methoxy groups -OCH3 is 1. The van der Waals surface area contributed by atoms with Gasteiger partial charge < -0.3 is 4.74 Å². The molecule has 2 atom stereocenters. The van der Waals surface area contributed by atoms with E-state index in [1.54, 1.807) is 0 Å². The summed E-state index contributed by atoms with van der Waals surface area (Å²) in [6.07, 6.45) is 2.12. The summed E-state index contributed by atoms with van der Waals surface area (Å²) in [5.41, 5.74) is 3.16. The Bertz CT molecular complexity index is 736. The molecule has 0 fully saturated rings. The quantitative estimate of drug-likeness (QED) is 0.738. The molecule has 0 spiro atoms. The lowest BCUT2D eigenvalue weighted by Crippen LogP contribution is -2.37. The normalized spacial score (nSPS) is 24.1. The van der Waals surface area contributed by atoms with E-state index in [4.69, 9.17) is 4.74 Å². The Morgan fingerprint density at radius 1 is 1.30 bits per heavy atom. The van der Waals surface area contributed by atoms with Crippen LogP contribution in [0.5, 0.6) is 0 Å². The van der Waals surface area contributed by atoms with Gasteiger partial charge in [0.2, 0.25) is 0 Å². The van der Waals surface area contributed by atoms with Crippen molar-refractivity contribution in [3.05, 3.63) is 45.6 Å². The van der Waals surface area contributed by atoms with Crippen LogP contribution in [0.15, 0.2) is 45.0 Å². The SMILES string of the molecule is COC(=O)C1C(C)=NC2=C(C(=O)CCC2)[C@H]1c1ccccc1Br. The molecule has 1 unspecified atom stereocenters. The van der Waals surface area contributed by atoms with Gasteiger partial charge in [0.1, 0.15) is 5.92 Å². The molecule has 1 heterocycles. The number of rotatable bonds is 2. The summed E-state index contributed by atoms with van der Waals surface area (Å²) in [4.78, 5) is 29.6. The van der Waals surface area contributed by atoms with Gasteiger partial charge in [-0.05, 0) is 31.4 Å². The van der Waals surface area contributed by atoms with Gasteiger partial charge in [0.05, 0.1) is 7.11 Å². The number of carbonyl (C=O) groups is 2. The molecule has 1 aromatic rings. The van der Waals surface area contributed by atoms with Gasteiger partial charge in [0, 0.05) is 33.8 Å². The molecule has 23 heavy (non-hydrogen) atoms. The van der Waals surface area contributed by atoms with Crippen LogP contribution in [0.25, 0.3) is 0 Å². The molecule has 1 aliphatic heterocycles. The molecule has 0 radical (unpaired) electrons. The zero-order valence-corrected chi connectivity index (χ0v) is 14.7. The van der Waals surface area contributed by atoms with Gasteiger partial charge in [-0.15, -0.1) is 0 Å². The van der Waals surface area contributed by atoms with Gasteiger partial charge in [-0.2, -0.15) is 0 Å². The van der Waals surface area contributed by atoms with Crippen LogP contribution in [0.4, 0.5) is 0 Å². The van der Waals surface area contributed by atoms with E-state index in [1.165, 1.54) is 7.11 Å². The summed E-state index contributed by atoms with van der Waals surface area (Å²) in [6, 6.07) is 7.72. The third kappa shape index (κ3) is 2.78. The maximum Gasteiger partial charge on any atom is 0.315 e. The van der Waals surface area contributed by atoms with E-state index in [9.17, 15) is 9.59 Å². The van der Waals surface area contributed by atoms with Crippen LogP contribution >= 0.6 is 15.9 Å². The zero-order valence-electron chi connectivity index (χ0n) is 13.1. The fourth-order valence-electron chi connectivity index (χ4n) is 3.50. The highest BCUT2D eigenvalue weighted by Gasteiger charge is 2.43. The molecular weight excluding hydrogens is 358 g/mol. The number of ether oxygens (including phenoxy) is 1. The Morgan fingerprint density at radius 3 is 2.74 bits per heavy atom. The predicted octanol–water partition coefficient (Wildman–Crippen LogP) is 3.80. The molecule has 4 nitrogen and oxygen atoms in total. The minimum absolute atomic E-state index is 0.0946. The van der Waals surface area contributed by atoms with Gasteiger partial charge in [-0.25, -0.2) is 0 Å². The molecule has 120 valence electrons. The minimum Gasteiger partial charge on any atom is -0.468 e. The first-order valence-electron chi connectivity index (χ1n) is 7.68. The maximum atomic E-state index is 12.6. The van der Waals surface area contributed by atoms with Gasteiger partial charge in [-0.3, -0.25) is 14.6 Å². The van der Waals surface area contributed by atoms with E-state index in [1.807, 2.05) is 31.2 Å². The molecule has 1 aromatic carbocycles. The molecule has 0 bridgehead atoms. The first-order valence-corrected chi connectivity index (χ1v) is 8.47. The smallest absolute Gasteiger partial charge is 0.315 e. The Hall–Kier alpha value is -1.75. The van der Waals surface area contributed by atoms with E-state index in [-0.39, 0.29) is 17.7 Å². The van der Waals surface area contributed by atoms with E-state index in [2.05, 4.69) is 20.9 Å². The Balaban J connectivity index is 2.22. The third-order valence-electron chi connectivity index (χ3n) is 4.53. The van der Waals surface area contributed by atoms with Crippen LogP contribution in [0.2, 0.25) is 0 Å². The van der Waals surface area contributed by atoms with Crippen LogP contribution in [0.3, 0.4) is 0 Å². The van der Waals surface area contributed by atoms with Gasteiger partial charge in [0.25, 0.3) is 0 Å². The lowest BCUT2D eigenvalue weighted by Gasteiger charge is -2.34. The third-order valence-corrected chi connectivity index (χ3v) is 5.25. The van der Waals surface area contributed by atoms with Crippen molar-refractivity contribution in [2.45, 2.75) is 32.1 Å². The second-order valence-electron chi connectivity index (χ2n) is 5.89. The molecular formula is C18H18BrNO3. The highest BCUT2D eigenvalue weighted by molar-refractivity contribution is 9.10. The van der Waals surface area contributed by atoms with Crippen molar-refractivity contribution in [3.8, 4) is 0 Å². The van der Waals surface area contributed by atoms with E-state index in [0.717, 1.165) is 28.6 Å². The van der Waals surface area contributed by atoms with E-state index >= 15 is 0 Å². The zero-order chi connectivity index (χ0) is 16.6.